The van der Waals surface area contributed by atoms with Gasteiger partial charge >= 0.3 is 0 Å². The van der Waals surface area contributed by atoms with Crippen molar-refractivity contribution in [2.45, 2.75) is 110 Å². The van der Waals surface area contributed by atoms with E-state index in [9.17, 15) is 5.11 Å². The molecule has 0 aliphatic carbocycles. The summed E-state index contributed by atoms with van der Waals surface area (Å²) in [7, 11) is 0. The van der Waals surface area contributed by atoms with E-state index in [1.165, 1.54) is 83.5 Å². The Kier molecular flexibility index (Phi) is 19.8. The second-order valence-electron chi connectivity index (χ2n) is 8.61. The van der Waals surface area contributed by atoms with Gasteiger partial charge in [-0.3, -0.25) is 0 Å². The summed E-state index contributed by atoms with van der Waals surface area (Å²) in [4.78, 5) is 0. The van der Waals surface area contributed by atoms with Crippen molar-refractivity contribution in [1.82, 2.24) is 0 Å². The van der Waals surface area contributed by atoms with Crippen LogP contribution in [-0.2, 0) is 16.1 Å². The van der Waals surface area contributed by atoms with E-state index in [1.807, 2.05) is 30.3 Å². The summed E-state index contributed by atoms with van der Waals surface area (Å²) in [6.45, 7) is 4.02. The molecule has 0 amide bonds. The first-order valence-corrected chi connectivity index (χ1v) is 12.9. The van der Waals surface area contributed by atoms with Gasteiger partial charge < -0.3 is 14.6 Å². The van der Waals surface area contributed by atoms with Crippen molar-refractivity contribution in [3.63, 3.8) is 0 Å². The molecule has 0 aliphatic heterocycles. The van der Waals surface area contributed by atoms with Crippen LogP contribution in [0.25, 0.3) is 0 Å². The number of ether oxygens (including phenoxy) is 2. The summed E-state index contributed by atoms with van der Waals surface area (Å²) in [6, 6.07) is 10.0. The van der Waals surface area contributed by atoms with Gasteiger partial charge in [0, 0.05) is 6.61 Å². The van der Waals surface area contributed by atoms with Gasteiger partial charge in [-0.1, -0.05) is 107 Å². The zero-order chi connectivity index (χ0) is 22.2. The minimum absolute atomic E-state index is 0.000237. The Labute approximate surface area is 192 Å². The normalized spacial score (nSPS) is 12.6. The quantitative estimate of drug-likeness (QED) is 0.151. The number of hydrogen-bond donors (Lipinski definition) is 1. The van der Waals surface area contributed by atoms with Gasteiger partial charge in [-0.2, -0.15) is 0 Å². The first kappa shape index (κ1) is 27.9. The monoisotopic (exact) mass is 432 g/mol. The highest BCUT2D eigenvalue weighted by Gasteiger charge is 2.08. The van der Waals surface area contributed by atoms with Crippen molar-refractivity contribution in [3.8, 4) is 0 Å². The average molecular weight is 433 g/mol. The molecule has 3 nitrogen and oxygen atoms in total. The molecule has 0 saturated heterocycles. The first-order chi connectivity index (χ1) is 15.4. The van der Waals surface area contributed by atoms with Crippen LogP contribution >= 0.6 is 0 Å². The molecule has 0 fully saturated rings. The van der Waals surface area contributed by atoms with Gasteiger partial charge in [0.1, 0.15) is 6.10 Å². The largest absolute Gasteiger partial charge is 0.394 e. The molecular formula is C28H48O3. The maximum absolute atomic E-state index is 9.44. The molecule has 0 heterocycles. The molecule has 178 valence electrons. The molecule has 0 saturated carbocycles. The number of allylic oxidation sites excluding steroid dienone is 2. The fourth-order valence-electron chi connectivity index (χ4n) is 3.61. The summed E-state index contributed by atoms with van der Waals surface area (Å²) in [5.41, 5.74) is 1.12. The van der Waals surface area contributed by atoms with Crippen LogP contribution in [0.5, 0.6) is 0 Å². The third-order valence-corrected chi connectivity index (χ3v) is 5.64. The van der Waals surface area contributed by atoms with Gasteiger partial charge in [-0.15, -0.1) is 0 Å². The minimum atomic E-state index is -0.241. The number of benzene rings is 1. The summed E-state index contributed by atoms with van der Waals surface area (Å²) in [5, 5.41) is 9.44. The molecule has 0 aromatic heterocycles. The predicted octanol–water partition coefficient (Wildman–Crippen LogP) is 7.62. The first-order valence-electron chi connectivity index (χ1n) is 12.9. The van der Waals surface area contributed by atoms with Gasteiger partial charge in [-0.25, -0.2) is 0 Å². The Morgan fingerprint density at radius 2 is 1.35 bits per heavy atom. The van der Waals surface area contributed by atoms with Crippen LogP contribution in [-0.4, -0.2) is 31.0 Å². The van der Waals surface area contributed by atoms with Crippen molar-refractivity contribution < 1.29 is 14.6 Å². The fourth-order valence-corrected chi connectivity index (χ4v) is 3.61. The van der Waals surface area contributed by atoms with Crippen LogP contribution in [0.3, 0.4) is 0 Å². The molecule has 3 heteroatoms. The van der Waals surface area contributed by atoms with Crippen molar-refractivity contribution in [3.05, 3.63) is 48.0 Å². The third kappa shape index (κ3) is 18.1. The molecular weight excluding hydrogens is 384 g/mol. The maximum atomic E-state index is 9.44. The van der Waals surface area contributed by atoms with Crippen molar-refractivity contribution >= 4 is 0 Å². The Hall–Kier alpha value is -1.16. The van der Waals surface area contributed by atoms with Gasteiger partial charge in [-0.05, 0) is 37.7 Å². The highest BCUT2D eigenvalue weighted by atomic mass is 16.5. The highest BCUT2D eigenvalue weighted by Crippen LogP contribution is 2.10. The zero-order valence-electron chi connectivity index (χ0n) is 20.1. The molecule has 1 rings (SSSR count). The summed E-state index contributed by atoms with van der Waals surface area (Å²) in [5.74, 6) is 0. The molecule has 1 atom stereocenters. The fraction of sp³-hybridized carbons (Fsp3) is 0.714. The number of aliphatic hydroxyl groups is 1. The van der Waals surface area contributed by atoms with E-state index in [4.69, 9.17) is 9.47 Å². The molecule has 0 spiro atoms. The molecule has 0 aliphatic rings. The minimum Gasteiger partial charge on any atom is -0.394 e. The van der Waals surface area contributed by atoms with Crippen LogP contribution in [0.15, 0.2) is 42.5 Å². The van der Waals surface area contributed by atoms with E-state index in [-0.39, 0.29) is 12.7 Å². The Morgan fingerprint density at radius 1 is 0.774 bits per heavy atom. The van der Waals surface area contributed by atoms with E-state index in [2.05, 4.69) is 19.1 Å². The van der Waals surface area contributed by atoms with E-state index in [0.29, 0.717) is 13.2 Å². The van der Waals surface area contributed by atoms with E-state index in [0.717, 1.165) is 18.6 Å². The Balaban J connectivity index is 1.82. The van der Waals surface area contributed by atoms with E-state index in [1.54, 1.807) is 0 Å². The third-order valence-electron chi connectivity index (χ3n) is 5.64. The van der Waals surface area contributed by atoms with Gasteiger partial charge in [0.15, 0.2) is 0 Å². The zero-order valence-corrected chi connectivity index (χ0v) is 20.1. The van der Waals surface area contributed by atoms with Gasteiger partial charge in [0.25, 0.3) is 0 Å². The second-order valence-corrected chi connectivity index (χ2v) is 8.61. The van der Waals surface area contributed by atoms with E-state index >= 15 is 0 Å². The van der Waals surface area contributed by atoms with Crippen molar-refractivity contribution in [2.75, 3.05) is 19.8 Å². The Bertz CT molecular complexity index is 500. The SMILES string of the molecule is CCCCCCCC/C=C\CCCCCCCCOC[C@H](CO)OCc1ccccc1. The summed E-state index contributed by atoms with van der Waals surface area (Å²) in [6.07, 6.45) is 23.0. The number of aliphatic hydroxyl groups excluding tert-OH is 1. The number of unbranched alkanes of at least 4 members (excludes halogenated alkanes) is 12. The lowest BCUT2D eigenvalue weighted by atomic mass is 10.1. The Morgan fingerprint density at radius 3 is 1.97 bits per heavy atom. The lowest BCUT2D eigenvalue weighted by molar-refractivity contribution is -0.0502. The van der Waals surface area contributed by atoms with Crippen LogP contribution < -0.4 is 0 Å². The number of rotatable bonds is 22. The molecule has 0 unspecified atom stereocenters. The second kappa shape index (κ2) is 22.0. The van der Waals surface area contributed by atoms with Crippen molar-refractivity contribution in [1.29, 1.82) is 0 Å². The lowest BCUT2D eigenvalue weighted by Gasteiger charge is -2.15. The van der Waals surface area contributed by atoms with Crippen LogP contribution in [0.1, 0.15) is 102 Å². The maximum Gasteiger partial charge on any atom is 0.104 e. The van der Waals surface area contributed by atoms with Gasteiger partial charge in [0.2, 0.25) is 0 Å². The molecule has 0 bridgehead atoms. The smallest absolute Gasteiger partial charge is 0.104 e. The highest BCUT2D eigenvalue weighted by molar-refractivity contribution is 5.13. The van der Waals surface area contributed by atoms with Crippen molar-refractivity contribution in [2.24, 2.45) is 0 Å². The number of hydrogen-bond acceptors (Lipinski definition) is 3. The summed E-state index contributed by atoms with van der Waals surface area (Å²) < 4.78 is 11.4. The molecule has 1 aromatic carbocycles. The standard InChI is InChI=1S/C28H48O3/c1-2-3-4-5-6-7-8-9-10-11-12-13-14-15-16-20-23-30-26-28(24-29)31-25-27-21-18-17-19-22-27/h9-10,17-19,21-22,28-29H,2-8,11-16,20,23-26H2,1H3/b10-9-/t28-/m0/s1. The van der Waals surface area contributed by atoms with Crippen LogP contribution in [0.4, 0.5) is 0 Å². The van der Waals surface area contributed by atoms with Crippen LogP contribution in [0, 0.1) is 0 Å². The van der Waals surface area contributed by atoms with Gasteiger partial charge in [0.05, 0.1) is 19.8 Å². The predicted molar refractivity (Wildman–Crippen MR) is 132 cm³/mol. The molecule has 0 radical (unpaired) electrons. The summed E-state index contributed by atoms with van der Waals surface area (Å²) >= 11 is 0. The molecule has 1 aromatic rings. The average Bonchev–Trinajstić information content (AvgIpc) is 2.81. The molecule has 1 N–H and O–H groups in total. The lowest BCUT2D eigenvalue weighted by Crippen LogP contribution is -2.24. The topological polar surface area (TPSA) is 38.7 Å². The molecule has 31 heavy (non-hydrogen) atoms. The van der Waals surface area contributed by atoms with E-state index < -0.39 is 0 Å². The van der Waals surface area contributed by atoms with Crippen LogP contribution in [0.2, 0.25) is 0 Å².